The van der Waals surface area contributed by atoms with Gasteiger partial charge in [-0.15, -0.1) is 11.3 Å². The first-order chi connectivity index (χ1) is 8.81. The van der Waals surface area contributed by atoms with E-state index in [0.717, 1.165) is 56.5 Å². The number of anilines is 1. The second-order valence-corrected chi connectivity index (χ2v) is 5.65. The second-order valence-electron chi connectivity index (χ2n) is 4.80. The molecule has 5 nitrogen and oxygen atoms in total. The zero-order valence-electron chi connectivity index (χ0n) is 10.2. The molecule has 0 spiro atoms. The molecule has 1 amide bonds. The van der Waals surface area contributed by atoms with Crippen LogP contribution in [0.15, 0.2) is 5.38 Å². The van der Waals surface area contributed by atoms with Gasteiger partial charge in [0.1, 0.15) is 0 Å². The quantitative estimate of drug-likeness (QED) is 0.894. The number of hydrogen-bond donors (Lipinski definition) is 1. The van der Waals surface area contributed by atoms with Gasteiger partial charge in [-0.1, -0.05) is 0 Å². The summed E-state index contributed by atoms with van der Waals surface area (Å²) in [4.78, 5) is 18.4. The smallest absolute Gasteiger partial charge is 0.229 e. The van der Waals surface area contributed by atoms with Crippen molar-refractivity contribution in [1.29, 1.82) is 0 Å². The Hall–Kier alpha value is -0.980. The van der Waals surface area contributed by atoms with E-state index >= 15 is 0 Å². The third-order valence-electron chi connectivity index (χ3n) is 3.22. The van der Waals surface area contributed by atoms with E-state index in [4.69, 9.17) is 4.74 Å². The van der Waals surface area contributed by atoms with Gasteiger partial charge in [0.15, 0.2) is 5.13 Å². The van der Waals surface area contributed by atoms with Crippen molar-refractivity contribution in [3.8, 4) is 0 Å². The summed E-state index contributed by atoms with van der Waals surface area (Å²) >= 11 is 1.51. The second kappa shape index (κ2) is 5.34. The number of morpholine rings is 1. The molecule has 2 aliphatic rings. The first kappa shape index (κ1) is 12.1. The van der Waals surface area contributed by atoms with Crippen LogP contribution in [0.4, 0.5) is 5.13 Å². The van der Waals surface area contributed by atoms with Gasteiger partial charge >= 0.3 is 0 Å². The van der Waals surface area contributed by atoms with Gasteiger partial charge in [-0.2, -0.15) is 0 Å². The van der Waals surface area contributed by atoms with Gasteiger partial charge in [0.05, 0.1) is 18.9 Å². The van der Waals surface area contributed by atoms with Crippen LogP contribution in [-0.2, 0) is 16.1 Å². The number of nitrogens with zero attached hydrogens (tertiary/aromatic N) is 2. The zero-order valence-corrected chi connectivity index (χ0v) is 11.0. The Labute approximate surface area is 110 Å². The fraction of sp³-hybridized carbons (Fsp3) is 0.667. The van der Waals surface area contributed by atoms with Crippen LogP contribution < -0.4 is 5.32 Å². The Morgan fingerprint density at radius 3 is 3.00 bits per heavy atom. The number of hydrogen-bond acceptors (Lipinski definition) is 5. The summed E-state index contributed by atoms with van der Waals surface area (Å²) in [7, 11) is 0. The average Bonchev–Trinajstić information content (AvgIpc) is 3.15. The van der Waals surface area contributed by atoms with Gasteiger partial charge in [0.25, 0.3) is 0 Å². The molecule has 0 bridgehead atoms. The van der Waals surface area contributed by atoms with Gasteiger partial charge in [-0.05, 0) is 12.8 Å². The van der Waals surface area contributed by atoms with Crippen molar-refractivity contribution in [3.05, 3.63) is 11.1 Å². The lowest BCUT2D eigenvalue weighted by molar-refractivity contribution is -0.117. The van der Waals surface area contributed by atoms with Crippen LogP contribution in [0.2, 0.25) is 0 Å². The van der Waals surface area contributed by atoms with E-state index in [9.17, 15) is 4.79 Å². The highest BCUT2D eigenvalue weighted by molar-refractivity contribution is 7.13. The predicted molar refractivity (Wildman–Crippen MR) is 69.6 cm³/mol. The molecule has 98 valence electrons. The number of rotatable bonds is 4. The lowest BCUT2D eigenvalue weighted by Gasteiger charge is -2.25. The maximum Gasteiger partial charge on any atom is 0.229 e. The van der Waals surface area contributed by atoms with Crippen LogP contribution >= 0.6 is 11.3 Å². The third-order valence-corrected chi connectivity index (χ3v) is 4.03. The normalized spacial score (nSPS) is 20.9. The molecule has 3 rings (SSSR count). The Kier molecular flexibility index (Phi) is 3.58. The number of ether oxygens (including phenoxy) is 1. The van der Waals surface area contributed by atoms with Gasteiger partial charge < -0.3 is 10.1 Å². The fourth-order valence-corrected chi connectivity index (χ4v) is 2.68. The lowest BCUT2D eigenvalue weighted by atomic mass is 10.3. The maximum atomic E-state index is 11.6. The highest BCUT2D eigenvalue weighted by Gasteiger charge is 2.30. The standard InChI is InChI=1S/C12H17N3O2S/c16-11(9-1-2-9)14-12-13-10(8-18-12)7-15-3-5-17-6-4-15/h8-9H,1-7H2,(H,13,14,16). The Morgan fingerprint density at radius 2 is 2.28 bits per heavy atom. The number of nitrogens with one attached hydrogen (secondary N) is 1. The summed E-state index contributed by atoms with van der Waals surface area (Å²) in [6.07, 6.45) is 2.05. The van der Waals surface area contributed by atoms with Crippen molar-refractivity contribution < 1.29 is 9.53 Å². The first-order valence-corrected chi connectivity index (χ1v) is 7.24. The summed E-state index contributed by atoms with van der Waals surface area (Å²) < 4.78 is 5.31. The van der Waals surface area contributed by atoms with Gasteiger partial charge in [-0.25, -0.2) is 4.98 Å². The maximum absolute atomic E-state index is 11.6. The molecule has 0 radical (unpaired) electrons. The monoisotopic (exact) mass is 267 g/mol. The molecule has 1 N–H and O–H groups in total. The molecular weight excluding hydrogens is 250 g/mol. The summed E-state index contributed by atoms with van der Waals surface area (Å²) in [6.45, 7) is 4.37. The van der Waals surface area contributed by atoms with Crippen molar-refractivity contribution in [3.63, 3.8) is 0 Å². The number of thiazole rings is 1. The third kappa shape index (κ3) is 3.07. The highest BCUT2D eigenvalue weighted by atomic mass is 32.1. The zero-order chi connectivity index (χ0) is 12.4. The van der Waals surface area contributed by atoms with Crippen LogP contribution in [0, 0.1) is 5.92 Å². The summed E-state index contributed by atoms with van der Waals surface area (Å²) in [5.74, 6) is 0.360. The van der Waals surface area contributed by atoms with Crippen LogP contribution in [-0.4, -0.2) is 42.1 Å². The van der Waals surface area contributed by atoms with E-state index in [1.807, 2.05) is 5.38 Å². The van der Waals surface area contributed by atoms with E-state index in [2.05, 4.69) is 15.2 Å². The molecule has 2 heterocycles. The predicted octanol–water partition coefficient (Wildman–Crippen LogP) is 1.32. The molecule has 0 aromatic carbocycles. The van der Waals surface area contributed by atoms with Gasteiger partial charge in [0.2, 0.25) is 5.91 Å². The SMILES string of the molecule is O=C(Nc1nc(CN2CCOCC2)cs1)C1CC1. The van der Waals surface area contributed by atoms with Crippen molar-refractivity contribution >= 4 is 22.4 Å². The van der Waals surface area contributed by atoms with E-state index < -0.39 is 0 Å². The van der Waals surface area contributed by atoms with E-state index in [1.54, 1.807) is 0 Å². The number of aromatic nitrogens is 1. The van der Waals surface area contributed by atoms with E-state index in [-0.39, 0.29) is 11.8 Å². The summed E-state index contributed by atoms with van der Waals surface area (Å²) in [5.41, 5.74) is 1.04. The largest absolute Gasteiger partial charge is 0.379 e. The molecule has 1 saturated carbocycles. The summed E-state index contributed by atoms with van der Waals surface area (Å²) in [5, 5.41) is 5.64. The number of carbonyl (C=O) groups is 1. The minimum atomic E-state index is 0.127. The fourth-order valence-electron chi connectivity index (χ4n) is 1.98. The number of amides is 1. The van der Waals surface area contributed by atoms with Gasteiger partial charge in [-0.3, -0.25) is 9.69 Å². The molecule has 6 heteroatoms. The highest BCUT2D eigenvalue weighted by Crippen LogP contribution is 2.30. The molecule has 1 aromatic rings. The topological polar surface area (TPSA) is 54.5 Å². The van der Waals surface area contributed by atoms with E-state index in [0.29, 0.717) is 0 Å². The van der Waals surface area contributed by atoms with Crippen molar-refractivity contribution in [2.45, 2.75) is 19.4 Å². The first-order valence-electron chi connectivity index (χ1n) is 6.36. The average molecular weight is 267 g/mol. The minimum Gasteiger partial charge on any atom is -0.379 e. The van der Waals surface area contributed by atoms with E-state index in [1.165, 1.54) is 11.3 Å². The summed E-state index contributed by atoms with van der Waals surface area (Å²) in [6, 6.07) is 0. The van der Waals surface area contributed by atoms with Gasteiger partial charge in [0, 0.05) is 30.9 Å². The molecule has 1 aromatic heterocycles. The lowest BCUT2D eigenvalue weighted by Crippen LogP contribution is -2.35. The minimum absolute atomic E-state index is 0.127. The van der Waals surface area contributed by atoms with Crippen molar-refractivity contribution in [2.24, 2.45) is 5.92 Å². The van der Waals surface area contributed by atoms with Crippen molar-refractivity contribution in [1.82, 2.24) is 9.88 Å². The van der Waals surface area contributed by atoms with Crippen LogP contribution in [0.3, 0.4) is 0 Å². The molecule has 1 saturated heterocycles. The Morgan fingerprint density at radius 1 is 1.50 bits per heavy atom. The van der Waals surface area contributed by atoms with Crippen molar-refractivity contribution in [2.75, 3.05) is 31.6 Å². The molecule has 1 aliphatic carbocycles. The van der Waals surface area contributed by atoms with Crippen LogP contribution in [0.5, 0.6) is 0 Å². The molecule has 18 heavy (non-hydrogen) atoms. The molecular formula is C12H17N3O2S. The number of carbonyl (C=O) groups excluding carboxylic acids is 1. The molecule has 1 aliphatic heterocycles. The molecule has 0 unspecified atom stereocenters. The molecule has 2 fully saturated rings. The van der Waals surface area contributed by atoms with Crippen LogP contribution in [0.25, 0.3) is 0 Å². The Balaban J connectivity index is 1.53. The van der Waals surface area contributed by atoms with Crippen LogP contribution in [0.1, 0.15) is 18.5 Å². The Bertz CT molecular complexity index is 425. The molecule has 0 atom stereocenters.